The van der Waals surface area contributed by atoms with Gasteiger partial charge in [-0.25, -0.2) is 4.79 Å². The van der Waals surface area contributed by atoms with Crippen LogP contribution in [0.5, 0.6) is 0 Å². The number of aromatic nitrogens is 2. The predicted molar refractivity (Wildman–Crippen MR) is 143 cm³/mol. The van der Waals surface area contributed by atoms with E-state index in [2.05, 4.69) is 10.00 Å². The van der Waals surface area contributed by atoms with Gasteiger partial charge in [-0.1, -0.05) is 30.3 Å². The topological polar surface area (TPSA) is 78.7 Å². The molecule has 3 fully saturated rings. The second-order valence-corrected chi connectivity index (χ2v) is 11.0. The predicted octanol–water partition coefficient (Wildman–Crippen LogP) is 5.95. The maximum Gasteiger partial charge on any atom is 0.416 e. The lowest BCUT2D eigenvalue weighted by molar-refractivity contribution is -0.138. The van der Waals surface area contributed by atoms with Gasteiger partial charge in [0.1, 0.15) is 0 Å². The molecule has 1 unspecified atom stereocenters. The minimum absolute atomic E-state index is 0.0929. The number of nitrogens with zero attached hydrogens (tertiary/aromatic N) is 4. The summed E-state index contributed by atoms with van der Waals surface area (Å²) in [4.78, 5) is 29.1. The summed E-state index contributed by atoms with van der Waals surface area (Å²) in [5, 5.41) is 14.2. The third-order valence-electron chi connectivity index (χ3n) is 8.50. The highest BCUT2D eigenvalue weighted by atomic mass is 19.4. The first kappa shape index (κ1) is 26.4. The van der Waals surface area contributed by atoms with Crippen molar-refractivity contribution in [3.8, 4) is 0 Å². The van der Waals surface area contributed by atoms with Gasteiger partial charge in [-0.3, -0.25) is 9.48 Å². The quantitative estimate of drug-likeness (QED) is 0.409. The van der Waals surface area contributed by atoms with Crippen LogP contribution >= 0.6 is 0 Å². The zero-order valence-corrected chi connectivity index (χ0v) is 22.0. The Hall–Kier alpha value is -3.82. The first-order valence-corrected chi connectivity index (χ1v) is 13.8. The minimum atomic E-state index is -4.43. The summed E-state index contributed by atoms with van der Waals surface area (Å²) >= 11 is 0. The molecule has 3 aliphatic rings. The van der Waals surface area contributed by atoms with Gasteiger partial charge in [-0.05, 0) is 55.9 Å². The van der Waals surface area contributed by atoms with Crippen LogP contribution in [0.2, 0.25) is 0 Å². The van der Waals surface area contributed by atoms with Crippen molar-refractivity contribution in [1.82, 2.24) is 14.7 Å². The number of benzene rings is 2. The number of likely N-dealkylation sites (tertiary alicyclic amines) is 1. The summed E-state index contributed by atoms with van der Waals surface area (Å²) in [6.07, 6.45) is 1.20. The molecule has 0 spiro atoms. The number of hydrogen-bond donors (Lipinski definition) is 1. The maximum absolute atomic E-state index is 13.7. The SMILES string of the molecule is O=C(O)c1ccccc1N1CCC(n2ncc(C(=O)N3CCC(c4ccccc4C(F)(F)F)C3)c2C2CC2)CC1. The number of para-hydroxylation sites is 1. The standard InChI is InChI=1S/C30H31F3N4O3/c31-30(32,33)25-7-3-1-5-22(25)20-11-14-36(18-20)28(38)24-17-34-37(27(24)19-9-10-19)21-12-15-35(16-13-21)26-8-4-2-6-23(26)29(39)40/h1-8,17,19-21H,9-16,18H2,(H,39,40). The number of rotatable bonds is 6. The fourth-order valence-electron chi connectivity index (χ4n) is 6.35. The second-order valence-electron chi connectivity index (χ2n) is 11.0. The molecular formula is C30H31F3N4O3. The first-order chi connectivity index (χ1) is 19.2. The average molecular weight is 553 g/mol. The number of piperidine rings is 1. The van der Waals surface area contributed by atoms with E-state index in [9.17, 15) is 27.9 Å². The van der Waals surface area contributed by atoms with Crippen LogP contribution in [-0.4, -0.2) is 57.8 Å². The van der Waals surface area contributed by atoms with Gasteiger partial charge < -0.3 is 14.9 Å². The maximum atomic E-state index is 13.7. The number of hydrogen-bond acceptors (Lipinski definition) is 4. The lowest BCUT2D eigenvalue weighted by atomic mass is 9.93. The van der Waals surface area contributed by atoms with Crippen molar-refractivity contribution in [1.29, 1.82) is 0 Å². The molecule has 7 nitrogen and oxygen atoms in total. The molecule has 2 saturated heterocycles. The van der Waals surface area contributed by atoms with Crippen molar-refractivity contribution in [2.75, 3.05) is 31.1 Å². The summed E-state index contributed by atoms with van der Waals surface area (Å²) < 4.78 is 42.8. The normalized spacial score (nSPS) is 20.2. The molecule has 2 aliphatic heterocycles. The fraction of sp³-hybridized carbons (Fsp3) is 0.433. The van der Waals surface area contributed by atoms with E-state index in [1.807, 2.05) is 16.8 Å². The third-order valence-corrected chi connectivity index (χ3v) is 8.50. The monoisotopic (exact) mass is 552 g/mol. The number of halogens is 3. The van der Waals surface area contributed by atoms with Gasteiger partial charge in [0.25, 0.3) is 5.91 Å². The molecule has 2 aromatic carbocycles. The molecule has 40 heavy (non-hydrogen) atoms. The van der Waals surface area contributed by atoms with Crippen molar-refractivity contribution >= 4 is 17.6 Å². The molecule has 1 amide bonds. The van der Waals surface area contributed by atoms with E-state index in [0.29, 0.717) is 37.3 Å². The number of carboxylic acid groups (broad SMARTS) is 1. The molecule has 6 rings (SSSR count). The van der Waals surface area contributed by atoms with Gasteiger partial charge in [-0.15, -0.1) is 0 Å². The molecule has 1 atom stereocenters. The molecule has 0 bridgehead atoms. The molecule has 1 aliphatic carbocycles. The Kier molecular flexibility index (Phi) is 6.80. The molecule has 1 aromatic heterocycles. The van der Waals surface area contributed by atoms with E-state index < -0.39 is 17.7 Å². The van der Waals surface area contributed by atoms with Crippen LogP contribution in [0.15, 0.2) is 54.7 Å². The van der Waals surface area contributed by atoms with Crippen LogP contribution in [0, 0.1) is 0 Å². The van der Waals surface area contributed by atoms with Crippen LogP contribution in [-0.2, 0) is 6.18 Å². The molecule has 10 heteroatoms. The number of amides is 1. The number of carbonyl (C=O) groups excluding carboxylic acids is 1. The highest BCUT2D eigenvalue weighted by molar-refractivity contribution is 5.96. The molecule has 0 radical (unpaired) electrons. The van der Waals surface area contributed by atoms with E-state index in [1.165, 1.54) is 12.1 Å². The Morgan fingerprint density at radius 3 is 2.25 bits per heavy atom. The summed E-state index contributed by atoms with van der Waals surface area (Å²) in [6.45, 7) is 2.01. The highest BCUT2D eigenvalue weighted by Crippen LogP contribution is 2.45. The van der Waals surface area contributed by atoms with Crippen molar-refractivity contribution < 1.29 is 27.9 Å². The van der Waals surface area contributed by atoms with E-state index >= 15 is 0 Å². The fourth-order valence-corrected chi connectivity index (χ4v) is 6.35. The van der Waals surface area contributed by atoms with Crippen LogP contribution in [0.4, 0.5) is 18.9 Å². The van der Waals surface area contributed by atoms with Crippen molar-refractivity contribution in [2.45, 2.75) is 56.2 Å². The number of aromatic carboxylic acids is 1. The number of carbonyl (C=O) groups is 2. The average Bonchev–Trinajstić information content (AvgIpc) is 3.50. The summed E-state index contributed by atoms with van der Waals surface area (Å²) in [7, 11) is 0. The van der Waals surface area contributed by atoms with Gasteiger partial charge in [0.05, 0.1) is 40.3 Å². The molecule has 3 heterocycles. The van der Waals surface area contributed by atoms with Crippen molar-refractivity contribution in [2.24, 2.45) is 0 Å². The zero-order chi connectivity index (χ0) is 28.0. The van der Waals surface area contributed by atoms with Gasteiger partial charge in [0.15, 0.2) is 0 Å². The van der Waals surface area contributed by atoms with Gasteiger partial charge in [0, 0.05) is 38.0 Å². The minimum Gasteiger partial charge on any atom is -0.478 e. The van der Waals surface area contributed by atoms with Gasteiger partial charge >= 0.3 is 12.1 Å². The van der Waals surface area contributed by atoms with Crippen molar-refractivity contribution in [3.63, 3.8) is 0 Å². The Morgan fingerprint density at radius 1 is 0.850 bits per heavy atom. The largest absolute Gasteiger partial charge is 0.478 e. The lowest BCUT2D eigenvalue weighted by Crippen LogP contribution is -2.36. The van der Waals surface area contributed by atoms with E-state index in [-0.39, 0.29) is 41.5 Å². The van der Waals surface area contributed by atoms with Crippen LogP contribution in [0.1, 0.15) is 87.5 Å². The summed E-state index contributed by atoms with van der Waals surface area (Å²) in [5.41, 5.74) is 2.12. The molecule has 3 aromatic rings. The first-order valence-electron chi connectivity index (χ1n) is 13.8. The molecule has 210 valence electrons. The summed E-state index contributed by atoms with van der Waals surface area (Å²) in [6, 6.07) is 12.8. The van der Waals surface area contributed by atoms with Gasteiger partial charge in [0.2, 0.25) is 0 Å². The Balaban J connectivity index is 1.18. The number of alkyl halides is 3. The van der Waals surface area contributed by atoms with Crippen LogP contribution in [0.25, 0.3) is 0 Å². The smallest absolute Gasteiger partial charge is 0.416 e. The highest BCUT2D eigenvalue weighted by Gasteiger charge is 2.40. The summed E-state index contributed by atoms with van der Waals surface area (Å²) in [5.74, 6) is -1.21. The third kappa shape index (κ3) is 4.95. The number of carboxylic acids is 1. The Labute approximate surface area is 230 Å². The van der Waals surface area contributed by atoms with Crippen LogP contribution < -0.4 is 4.90 Å². The van der Waals surface area contributed by atoms with Crippen molar-refractivity contribution in [3.05, 3.63) is 82.7 Å². The van der Waals surface area contributed by atoms with E-state index in [0.717, 1.165) is 37.4 Å². The Bertz CT molecular complexity index is 1420. The van der Waals surface area contributed by atoms with E-state index in [1.54, 1.807) is 29.3 Å². The molecule has 1 saturated carbocycles. The zero-order valence-electron chi connectivity index (χ0n) is 22.0. The number of anilines is 1. The lowest BCUT2D eigenvalue weighted by Gasteiger charge is -2.35. The molecular weight excluding hydrogens is 521 g/mol. The second kappa shape index (κ2) is 10.3. The van der Waals surface area contributed by atoms with Crippen LogP contribution in [0.3, 0.4) is 0 Å². The van der Waals surface area contributed by atoms with Gasteiger partial charge in [-0.2, -0.15) is 18.3 Å². The molecule has 1 N–H and O–H groups in total. The van der Waals surface area contributed by atoms with E-state index in [4.69, 9.17) is 0 Å². The Morgan fingerprint density at radius 2 is 1.55 bits per heavy atom.